The summed E-state index contributed by atoms with van der Waals surface area (Å²) in [6.45, 7) is 9.36. The highest BCUT2D eigenvalue weighted by Gasteiger charge is 2.23. The van der Waals surface area contributed by atoms with Crippen LogP contribution < -0.4 is 15.0 Å². The molecule has 2 heterocycles. The van der Waals surface area contributed by atoms with Crippen LogP contribution >= 0.6 is 0 Å². The Balaban J connectivity index is 1.41. The predicted molar refractivity (Wildman–Crippen MR) is 124 cm³/mol. The van der Waals surface area contributed by atoms with E-state index in [0.717, 1.165) is 50.9 Å². The van der Waals surface area contributed by atoms with Gasteiger partial charge in [-0.2, -0.15) is 5.10 Å². The molecule has 0 amide bonds. The highest BCUT2D eigenvalue weighted by Crippen LogP contribution is 2.29. The number of nitrogens with zero attached hydrogens (tertiary/aromatic N) is 3. The molecule has 1 aliphatic rings. The first-order valence-electron chi connectivity index (χ1n) is 11.0. The van der Waals surface area contributed by atoms with E-state index in [1.165, 1.54) is 22.6 Å². The van der Waals surface area contributed by atoms with Crippen LogP contribution in [0.1, 0.15) is 36.6 Å². The molecule has 0 atom stereocenters. The summed E-state index contributed by atoms with van der Waals surface area (Å²) in [6, 6.07) is 18.1. The Labute approximate surface area is 184 Å². The standard InChI is InChI=1S/C25H32N4O2/c1-19(2)24-23(25(28(3)27-24)29-13-15-30-16-14-29)18-26-17-20-9-11-22(12-10-20)31-21-7-5-4-6-8-21/h4-12,19,26H,13-18H2,1-3H3. The summed E-state index contributed by atoms with van der Waals surface area (Å²) in [5, 5.41) is 8.46. The molecule has 6 heteroatoms. The second-order valence-electron chi connectivity index (χ2n) is 8.23. The van der Waals surface area contributed by atoms with Gasteiger partial charge in [-0.3, -0.25) is 4.68 Å². The number of anilines is 1. The summed E-state index contributed by atoms with van der Waals surface area (Å²) < 4.78 is 13.5. The number of hydrogen-bond donors (Lipinski definition) is 1. The summed E-state index contributed by atoms with van der Waals surface area (Å²) in [4.78, 5) is 2.40. The lowest BCUT2D eigenvalue weighted by Gasteiger charge is -2.29. The minimum Gasteiger partial charge on any atom is -0.457 e. The van der Waals surface area contributed by atoms with Crippen molar-refractivity contribution < 1.29 is 9.47 Å². The summed E-state index contributed by atoms with van der Waals surface area (Å²) in [5.74, 6) is 3.29. The van der Waals surface area contributed by atoms with Crippen molar-refractivity contribution in [2.75, 3.05) is 31.2 Å². The monoisotopic (exact) mass is 420 g/mol. The Bertz CT molecular complexity index is 961. The zero-order chi connectivity index (χ0) is 21.6. The minimum absolute atomic E-state index is 0.382. The first-order valence-corrected chi connectivity index (χ1v) is 11.0. The Hall–Kier alpha value is -2.83. The van der Waals surface area contributed by atoms with Gasteiger partial charge in [0, 0.05) is 38.8 Å². The molecule has 31 heavy (non-hydrogen) atoms. The maximum atomic E-state index is 5.89. The van der Waals surface area contributed by atoms with E-state index in [-0.39, 0.29) is 0 Å². The van der Waals surface area contributed by atoms with Crippen LogP contribution in [-0.2, 0) is 24.9 Å². The van der Waals surface area contributed by atoms with E-state index < -0.39 is 0 Å². The van der Waals surface area contributed by atoms with Crippen LogP contribution in [0.2, 0.25) is 0 Å². The number of para-hydroxylation sites is 1. The highest BCUT2D eigenvalue weighted by atomic mass is 16.5. The molecule has 3 aromatic rings. The van der Waals surface area contributed by atoms with Gasteiger partial charge >= 0.3 is 0 Å². The van der Waals surface area contributed by atoms with Gasteiger partial charge in [-0.25, -0.2) is 0 Å². The van der Waals surface area contributed by atoms with Gasteiger partial charge in [0.2, 0.25) is 0 Å². The predicted octanol–water partition coefficient (Wildman–Crippen LogP) is 4.46. The van der Waals surface area contributed by atoms with Gasteiger partial charge in [-0.15, -0.1) is 0 Å². The van der Waals surface area contributed by atoms with Crippen molar-refractivity contribution in [1.82, 2.24) is 15.1 Å². The van der Waals surface area contributed by atoms with Gasteiger partial charge in [-0.05, 0) is 35.7 Å². The first kappa shape index (κ1) is 21.4. The number of morpholine rings is 1. The second-order valence-corrected chi connectivity index (χ2v) is 8.23. The largest absolute Gasteiger partial charge is 0.457 e. The average Bonchev–Trinajstić information content (AvgIpc) is 3.12. The molecule has 1 fully saturated rings. The fraction of sp³-hybridized carbons (Fsp3) is 0.400. The van der Waals surface area contributed by atoms with Crippen LogP contribution in [0.3, 0.4) is 0 Å². The smallest absolute Gasteiger partial charge is 0.131 e. The average molecular weight is 421 g/mol. The fourth-order valence-corrected chi connectivity index (χ4v) is 4.02. The van der Waals surface area contributed by atoms with Gasteiger partial charge in [0.05, 0.1) is 18.9 Å². The number of rotatable bonds is 8. The Morgan fingerprint density at radius 2 is 1.65 bits per heavy atom. The van der Waals surface area contributed by atoms with Crippen molar-refractivity contribution in [3.05, 3.63) is 71.4 Å². The number of hydrogen-bond acceptors (Lipinski definition) is 5. The summed E-state index contributed by atoms with van der Waals surface area (Å²) in [5.41, 5.74) is 3.69. The van der Waals surface area contributed by atoms with E-state index in [1.54, 1.807) is 0 Å². The highest BCUT2D eigenvalue weighted by molar-refractivity contribution is 5.51. The number of nitrogens with one attached hydrogen (secondary N) is 1. The molecule has 4 rings (SSSR count). The molecule has 0 aliphatic carbocycles. The Kier molecular flexibility index (Phi) is 6.89. The third-order valence-corrected chi connectivity index (χ3v) is 5.53. The fourth-order valence-electron chi connectivity index (χ4n) is 4.02. The van der Waals surface area contributed by atoms with E-state index in [9.17, 15) is 0 Å². The van der Waals surface area contributed by atoms with Crippen LogP contribution in [0.5, 0.6) is 11.5 Å². The third kappa shape index (κ3) is 5.27. The summed E-state index contributed by atoms with van der Waals surface area (Å²) >= 11 is 0. The molecule has 1 N–H and O–H groups in total. The van der Waals surface area contributed by atoms with Crippen LogP contribution in [0, 0.1) is 0 Å². The summed E-state index contributed by atoms with van der Waals surface area (Å²) in [6.07, 6.45) is 0. The first-order chi connectivity index (χ1) is 15.1. The molecule has 1 saturated heterocycles. The van der Waals surface area contributed by atoms with Crippen molar-refractivity contribution in [2.45, 2.75) is 32.9 Å². The van der Waals surface area contributed by atoms with Gasteiger partial charge < -0.3 is 19.7 Å². The zero-order valence-electron chi connectivity index (χ0n) is 18.7. The Morgan fingerprint density at radius 1 is 0.968 bits per heavy atom. The van der Waals surface area contributed by atoms with E-state index in [1.807, 2.05) is 54.2 Å². The topological polar surface area (TPSA) is 51.5 Å². The minimum atomic E-state index is 0.382. The van der Waals surface area contributed by atoms with Crippen molar-refractivity contribution >= 4 is 5.82 Å². The molecular weight excluding hydrogens is 388 g/mol. The van der Waals surface area contributed by atoms with Gasteiger partial charge in [0.1, 0.15) is 17.3 Å². The Morgan fingerprint density at radius 3 is 2.32 bits per heavy atom. The molecule has 0 saturated carbocycles. The van der Waals surface area contributed by atoms with Crippen LogP contribution in [0.15, 0.2) is 54.6 Å². The van der Waals surface area contributed by atoms with Gasteiger partial charge in [0.15, 0.2) is 0 Å². The quantitative estimate of drug-likeness (QED) is 0.583. The molecule has 1 aromatic heterocycles. The maximum absolute atomic E-state index is 5.89. The lowest BCUT2D eigenvalue weighted by Crippen LogP contribution is -2.38. The maximum Gasteiger partial charge on any atom is 0.131 e. The van der Waals surface area contributed by atoms with Gasteiger partial charge in [-0.1, -0.05) is 44.2 Å². The molecule has 0 bridgehead atoms. The molecule has 164 valence electrons. The van der Waals surface area contributed by atoms with E-state index in [0.29, 0.717) is 5.92 Å². The number of aryl methyl sites for hydroxylation is 1. The molecule has 2 aromatic carbocycles. The molecular formula is C25H32N4O2. The van der Waals surface area contributed by atoms with Gasteiger partial charge in [0.25, 0.3) is 0 Å². The number of benzene rings is 2. The van der Waals surface area contributed by atoms with Crippen molar-refractivity contribution in [1.29, 1.82) is 0 Å². The SMILES string of the molecule is CC(C)c1nn(C)c(N2CCOCC2)c1CNCc1ccc(Oc2ccccc2)cc1. The number of aromatic nitrogens is 2. The number of ether oxygens (including phenoxy) is 2. The van der Waals surface area contributed by atoms with Crippen LogP contribution in [0.25, 0.3) is 0 Å². The third-order valence-electron chi connectivity index (χ3n) is 5.53. The van der Waals surface area contributed by atoms with E-state index in [4.69, 9.17) is 14.6 Å². The normalized spacial score (nSPS) is 14.3. The molecule has 1 aliphatic heterocycles. The second kappa shape index (κ2) is 9.98. The van der Waals surface area contributed by atoms with Crippen molar-refractivity contribution in [2.24, 2.45) is 7.05 Å². The van der Waals surface area contributed by atoms with Crippen LogP contribution in [0.4, 0.5) is 5.82 Å². The van der Waals surface area contributed by atoms with E-state index in [2.05, 4.69) is 36.2 Å². The molecule has 0 spiro atoms. The molecule has 0 radical (unpaired) electrons. The zero-order valence-corrected chi connectivity index (χ0v) is 18.7. The lowest BCUT2D eigenvalue weighted by atomic mass is 10.0. The van der Waals surface area contributed by atoms with Crippen LogP contribution in [-0.4, -0.2) is 36.1 Å². The summed E-state index contributed by atoms with van der Waals surface area (Å²) in [7, 11) is 2.05. The lowest BCUT2D eigenvalue weighted by molar-refractivity contribution is 0.122. The molecule has 0 unspecified atom stereocenters. The molecule has 6 nitrogen and oxygen atoms in total. The van der Waals surface area contributed by atoms with E-state index >= 15 is 0 Å². The van der Waals surface area contributed by atoms with Crippen molar-refractivity contribution in [3.8, 4) is 11.5 Å². The van der Waals surface area contributed by atoms with Crippen molar-refractivity contribution in [3.63, 3.8) is 0 Å².